The monoisotopic (exact) mass is 572 g/mol. The maximum absolute atomic E-state index is 12.7. The van der Waals surface area contributed by atoms with Crippen molar-refractivity contribution in [2.24, 2.45) is 0 Å². The molecule has 0 saturated carbocycles. The SMILES string of the molecule is Cc1cc(CNC(=O)c2ccc(-c3ccc(O)cc3)cc2)ccc1OCCCc1cccc(NS(=O)(=O)C(C)C)c1. The van der Waals surface area contributed by atoms with Gasteiger partial charge in [-0.2, -0.15) is 0 Å². The highest BCUT2D eigenvalue weighted by Crippen LogP contribution is 2.23. The molecule has 8 heteroatoms. The molecule has 0 bridgehead atoms. The Balaban J connectivity index is 1.24. The van der Waals surface area contributed by atoms with E-state index >= 15 is 0 Å². The first-order valence-corrected chi connectivity index (χ1v) is 15.2. The van der Waals surface area contributed by atoms with Crippen molar-refractivity contribution in [2.75, 3.05) is 11.3 Å². The Labute approximate surface area is 242 Å². The zero-order valence-corrected chi connectivity index (χ0v) is 24.4. The fourth-order valence-corrected chi connectivity index (χ4v) is 4.96. The van der Waals surface area contributed by atoms with Crippen LogP contribution < -0.4 is 14.8 Å². The first kappa shape index (κ1) is 29.7. The number of benzene rings is 4. The summed E-state index contributed by atoms with van der Waals surface area (Å²) in [4.78, 5) is 12.7. The molecule has 41 heavy (non-hydrogen) atoms. The lowest BCUT2D eigenvalue weighted by Crippen LogP contribution is -2.22. The summed E-state index contributed by atoms with van der Waals surface area (Å²) in [6.07, 6.45) is 1.54. The molecule has 0 fully saturated rings. The van der Waals surface area contributed by atoms with Crippen molar-refractivity contribution < 1.29 is 23.1 Å². The Bertz CT molecular complexity index is 1580. The predicted octanol–water partition coefficient (Wildman–Crippen LogP) is 6.46. The van der Waals surface area contributed by atoms with Crippen LogP contribution >= 0.6 is 0 Å². The number of sulfonamides is 1. The van der Waals surface area contributed by atoms with Gasteiger partial charge in [-0.3, -0.25) is 9.52 Å². The number of phenols is 1. The number of nitrogens with one attached hydrogen (secondary N) is 2. The highest BCUT2D eigenvalue weighted by molar-refractivity contribution is 7.93. The highest BCUT2D eigenvalue weighted by atomic mass is 32.2. The van der Waals surface area contributed by atoms with Gasteiger partial charge in [0.05, 0.1) is 11.9 Å². The number of amides is 1. The Morgan fingerprint density at radius 3 is 2.22 bits per heavy atom. The zero-order chi connectivity index (χ0) is 29.4. The largest absolute Gasteiger partial charge is 0.508 e. The topological polar surface area (TPSA) is 105 Å². The van der Waals surface area contributed by atoms with Gasteiger partial charge in [-0.1, -0.05) is 48.5 Å². The van der Waals surface area contributed by atoms with Crippen molar-refractivity contribution in [3.8, 4) is 22.6 Å². The maximum Gasteiger partial charge on any atom is 0.251 e. The van der Waals surface area contributed by atoms with Gasteiger partial charge in [0.15, 0.2) is 0 Å². The maximum atomic E-state index is 12.7. The molecule has 0 aliphatic heterocycles. The summed E-state index contributed by atoms with van der Waals surface area (Å²) in [6, 6.07) is 27.6. The normalized spacial score (nSPS) is 11.3. The van der Waals surface area contributed by atoms with Crippen molar-refractivity contribution in [1.82, 2.24) is 5.32 Å². The Morgan fingerprint density at radius 2 is 1.56 bits per heavy atom. The van der Waals surface area contributed by atoms with Crippen LogP contribution in [0, 0.1) is 6.92 Å². The summed E-state index contributed by atoms with van der Waals surface area (Å²) < 4.78 is 32.9. The van der Waals surface area contributed by atoms with Crippen LogP contribution in [0.4, 0.5) is 5.69 Å². The third-order valence-corrected chi connectivity index (χ3v) is 8.48. The van der Waals surface area contributed by atoms with E-state index in [-0.39, 0.29) is 11.7 Å². The number of rotatable bonds is 12. The van der Waals surface area contributed by atoms with Crippen LogP contribution in [0.1, 0.15) is 47.3 Å². The second kappa shape index (κ2) is 13.4. The molecule has 4 aromatic carbocycles. The van der Waals surface area contributed by atoms with E-state index in [1.165, 1.54) is 0 Å². The van der Waals surface area contributed by atoms with Crippen LogP contribution in [0.5, 0.6) is 11.5 Å². The van der Waals surface area contributed by atoms with Crippen molar-refractivity contribution in [1.29, 1.82) is 0 Å². The van der Waals surface area contributed by atoms with Gasteiger partial charge in [0.1, 0.15) is 11.5 Å². The molecule has 0 atom stereocenters. The summed E-state index contributed by atoms with van der Waals surface area (Å²) in [5.74, 6) is 0.860. The minimum Gasteiger partial charge on any atom is -0.508 e. The second-order valence-electron chi connectivity index (χ2n) is 10.3. The van der Waals surface area contributed by atoms with E-state index < -0.39 is 15.3 Å². The summed E-state index contributed by atoms with van der Waals surface area (Å²) >= 11 is 0. The van der Waals surface area contributed by atoms with E-state index in [2.05, 4.69) is 10.0 Å². The second-order valence-corrected chi connectivity index (χ2v) is 12.5. The Hall–Kier alpha value is -4.30. The van der Waals surface area contributed by atoms with Crippen molar-refractivity contribution >= 4 is 21.6 Å². The van der Waals surface area contributed by atoms with Gasteiger partial charge in [0, 0.05) is 17.8 Å². The average molecular weight is 573 g/mol. The lowest BCUT2D eigenvalue weighted by molar-refractivity contribution is 0.0951. The molecule has 0 heterocycles. The number of phenolic OH excluding ortho intramolecular Hbond substituents is 1. The lowest BCUT2D eigenvalue weighted by Gasteiger charge is -2.13. The average Bonchev–Trinajstić information content (AvgIpc) is 2.95. The van der Waals surface area contributed by atoms with E-state index in [0.29, 0.717) is 24.4 Å². The first-order valence-electron chi connectivity index (χ1n) is 13.6. The van der Waals surface area contributed by atoms with E-state index in [4.69, 9.17) is 4.74 Å². The van der Waals surface area contributed by atoms with Gasteiger partial charge in [-0.05, 0) is 104 Å². The van der Waals surface area contributed by atoms with Gasteiger partial charge in [-0.25, -0.2) is 8.42 Å². The number of hydrogen-bond donors (Lipinski definition) is 3. The van der Waals surface area contributed by atoms with Gasteiger partial charge < -0.3 is 15.2 Å². The lowest BCUT2D eigenvalue weighted by atomic mass is 10.0. The van der Waals surface area contributed by atoms with Crippen molar-refractivity contribution in [3.63, 3.8) is 0 Å². The van der Waals surface area contributed by atoms with E-state index in [1.54, 1.807) is 44.2 Å². The molecule has 4 rings (SSSR count). The van der Waals surface area contributed by atoms with Gasteiger partial charge >= 0.3 is 0 Å². The number of aromatic hydroxyl groups is 1. The van der Waals surface area contributed by atoms with Crippen molar-refractivity contribution in [2.45, 2.75) is 45.4 Å². The van der Waals surface area contributed by atoms with Crippen LogP contribution in [0.25, 0.3) is 11.1 Å². The fourth-order valence-electron chi connectivity index (χ4n) is 4.27. The molecule has 0 unspecified atom stereocenters. The number of ether oxygens (including phenoxy) is 1. The number of carbonyl (C=O) groups is 1. The molecule has 0 aliphatic carbocycles. The third-order valence-electron chi connectivity index (χ3n) is 6.72. The molecule has 0 saturated heterocycles. The molecule has 3 N–H and O–H groups in total. The number of anilines is 1. The fraction of sp³-hybridized carbons (Fsp3) is 0.242. The smallest absolute Gasteiger partial charge is 0.251 e. The molecular formula is C33H36N2O5S. The van der Waals surface area contributed by atoms with Crippen molar-refractivity contribution in [3.05, 3.63) is 113 Å². The minimum atomic E-state index is -3.38. The summed E-state index contributed by atoms with van der Waals surface area (Å²) in [5.41, 5.74) is 6.08. The Kier molecular flexibility index (Phi) is 9.68. The molecule has 0 aliphatic rings. The summed E-state index contributed by atoms with van der Waals surface area (Å²) in [7, 11) is -3.38. The Morgan fingerprint density at radius 1 is 0.878 bits per heavy atom. The number of aryl methyl sites for hydroxylation is 2. The van der Waals surface area contributed by atoms with Crippen LogP contribution in [-0.2, 0) is 23.0 Å². The van der Waals surface area contributed by atoms with Gasteiger partial charge in [-0.15, -0.1) is 0 Å². The molecule has 1 amide bonds. The third kappa shape index (κ3) is 8.35. The van der Waals surface area contributed by atoms with E-state index in [9.17, 15) is 18.3 Å². The molecule has 7 nitrogen and oxygen atoms in total. The van der Waals surface area contributed by atoms with Crippen LogP contribution in [0.15, 0.2) is 91.0 Å². The molecule has 4 aromatic rings. The van der Waals surface area contributed by atoms with Gasteiger partial charge in [0.25, 0.3) is 5.91 Å². The standard InChI is InChI=1S/C33H36N2O5S/c1-23(2)41(38,39)35-30-8-4-6-25(21-30)7-5-19-40-32-18-9-26(20-24(32)3)22-34-33(37)29-12-10-27(11-13-29)28-14-16-31(36)17-15-28/h4,6,8-18,20-21,23,35-36H,5,7,19,22H2,1-3H3,(H,34,37). The summed E-state index contributed by atoms with van der Waals surface area (Å²) in [6.45, 7) is 6.20. The van der Waals surface area contributed by atoms with Crippen LogP contribution in [0.2, 0.25) is 0 Å². The molecular weight excluding hydrogens is 536 g/mol. The van der Waals surface area contributed by atoms with E-state index in [0.717, 1.165) is 46.4 Å². The molecule has 0 aromatic heterocycles. The molecule has 0 spiro atoms. The first-order chi connectivity index (χ1) is 19.6. The predicted molar refractivity (Wildman–Crippen MR) is 164 cm³/mol. The van der Waals surface area contributed by atoms with Crippen LogP contribution in [-0.4, -0.2) is 31.3 Å². The number of carbonyl (C=O) groups excluding carboxylic acids is 1. The number of hydrogen-bond acceptors (Lipinski definition) is 5. The highest BCUT2D eigenvalue weighted by Gasteiger charge is 2.15. The molecule has 214 valence electrons. The summed E-state index contributed by atoms with van der Waals surface area (Å²) in [5, 5.41) is 11.9. The minimum absolute atomic E-state index is 0.152. The quantitative estimate of drug-likeness (QED) is 0.169. The van der Waals surface area contributed by atoms with E-state index in [1.807, 2.05) is 67.6 Å². The molecule has 0 radical (unpaired) electrons. The van der Waals surface area contributed by atoms with Crippen LogP contribution in [0.3, 0.4) is 0 Å². The van der Waals surface area contributed by atoms with Gasteiger partial charge in [0.2, 0.25) is 10.0 Å². The zero-order valence-electron chi connectivity index (χ0n) is 23.6.